The largest absolute Gasteiger partial charge is 0.477 e. The smallest absolute Gasteiger partial charge is 0.346 e. The van der Waals surface area contributed by atoms with Crippen molar-refractivity contribution in [2.75, 3.05) is 5.32 Å². The molecule has 2 heterocycles. The summed E-state index contributed by atoms with van der Waals surface area (Å²) >= 11 is 4.68. The molecular weight excluding hydrogens is 426 g/mol. The average molecular weight is 442 g/mol. The summed E-state index contributed by atoms with van der Waals surface area (Å²) in [5.74, 6) is -1.23. The predicted octanol–water partition coefficient (Wildman–Crippen LogP) is 5.66. The number of carbonyl (C=O) groups excluding carboxylic acids is 1. The number of hydrogen-bond acceptors (Lipinski definition) is 3. The van der Waals surface area contributed by atoms with E-state index in [0.29, 0.717) is 17.7 Å². The minimum Gasteiger partial charge on any atom is -0.477 e. The number of hydrogen-bond donors (Lipinski definition) is 2. The van der Waals surface area contributed by atoms with Crippen LogP contribution in [0.3, 0.4) is 0 Å². The molecule has 1 aliphatic heterocycles. The summed E-state index contributed by atoms with van der Waals surface area (Å²) in [6, 6.07) is 15.5. The van der Waals surface area contributed by atoms with Crippen molar-refractivity contribution in [1.82, 2.24) is 0 Å². The van der Waals surface area contributed by atoms with E-state index in [2.05, 4.69) is 21.2 Å². The molecule has 0 aliphatic carbocycles. The third-order valence-electron chi connectivity index (χ3n) is 4.71. The van der Waals surface area contributed by atoms with Crippen LogP contribution in [0.2, 0.25) is 0 Å². The molecule has 27 heavy (non-hydrogen) atoms. The standard InChI is InChI=1S/C21H16BrNO3S/c1-11-2-4-13(5-3-11)17-18-19(27-20(17)21(25)26)15(10-16(24)23-18)12-6-8-14(22)9-7-12/h2-9,15H,10H2,1H3,(H,23,24)(H,25,26)/t15-/m1/s1. The van der Waals surface area contributed by atoms with Crippen LogP contribution in [0.15, 0.2) is 53.0 Å². The Morgan fingerprint density at radius 3 is 2.44 bits per heavy atom. The zero-order valence-electron chi connectivity index (χ0n) is 14.5. The first kappa shape index (κ1) is 17.9. The van der Waals surface area contributed by atoms with Crippen molar-refractivity contribution < 1.29 is 14.7 Å². The Hall–Kier alpha value is -2.44. The summed E-state index contributed by atoms with van der Waals surface area (Å²) in [4.78, 5) is 25.5. The Labute approximate surface area is 169 Å². The Bertz CT molecular complexity index is 1040. The van der Waals surface area contributed by atoms with Gasteiger partial charge in [-0.1, -0.05) is 57.9 Å². The van der Waals surface area contributed by atoms with Crippen LogP contribution >= 0.6 is 27.3 Å². The number of aryl methyl sites for hydroxylation is 1. The molecule has 6 heteroatoms. The maximum Gasteiger partial charge on any atom is 0.346 e. The minimum absolute atomic E-state index is 0.0986. The van der Waals surface area contributed by atoms with Crippen molar-refractivity contribution >= 4 is 44.8 Å². The second kappa shape index (κ2) is 6.94. The van der Waals surface area contributed by atoms with Crippen LogP contribution in [0.5, 0.6) is 0 Å². The third-order valence-corrected chi connectivity index (χ3v) is 6.53. The predicted molar refractivity (Wildman–Crippen MR) is 111 cm³/mol. The summed E-state index contributed by atoms with van der Waals surface area (Å²) in [6.07, 6.45) is 0.307. The lowest BCUT2D eigenvalue weighted by atomic mass is 9.88. The van der Waals surface area contributed by atoms with Crippen molar-refractivity contribution in [3.8, 4) is 11.1 Å². The molecule has 0 spiro atoms. The van der Waals surface area contributed by atoms with E-state index in [1.54, 1.807) is 0 Å². The summed E-state index contributed by atoms with van der Waals surface area (Å²) in [5, 5.41) is 12.7. The molecule has 2 N–H and O–H groups in total. The molecule has 0 radical (unpaired) electrons. The molecular formula is C21H16BrNO3S. The van der Waals surface area contributed by atoms with E-state index in [1.807, 2.05) is 55.5 Å². The van der Waals surface area contributed by atoms with Crippen LogP contribution in [0.1, 0.15) is 38.0 Å². The van der Waals surface area contributed by atoms with E-state index in [1.165, 1.54) is 11.3 Å². The Morgan fingerprint density at radius 2 is 1.81 bits per heavy atom. The quantitative estimate of drug-likeness (QED) is 0.550. The van der Waals surface area contributed by atoms with E-state index in [9.17, 15) is 14.7 Å². The van der Waals surface area contributed by atoms with Gasteiger partial charge < -0.3 is 10.4 Å². The summed E-state index contributed by atoms with van der Waals surface area (Å²) < 4.78 is 0.962. The Balaban J connectivity index is 1.92. The van der Waals surface area contributed by atoms with Crippen LogP contribution in [-0.2, 0) is 4.79 Å². The lowest BCUT2D eigenvalue weighted by molar-refractivity contribution is -0.116. The van der Waals surface area contributed by atoms with Gasteiger partial charge in [-0.25, -0.2) is 4.79 Å². The molecule has 1 amide bonds. The highest BCUT2D eigenvalue weighted by atomic mass is 79.9. The molecule has 0 saturated carbocycles. The van der Waals surface area contributed by atoms with E-state index in [0.717, 1.165) is 26.0 Å². The van der Waals surface area contributed by atoms with Crippen LogP contribution < -0.4 is 5.32 Å². The monoisotopic (exact) mass is 441 g/mol. The number of aromatic carboxylic acids is 1. The van der Waals surface area contributed by atoms with Crippen molar-refractivity contribution in [2.24, 2.45) is 0 Å². The second-order valence-electron chi connectivity index (χ2n) is 6.57. The number of carbonyl (C=O) groups is 2. The number of carboxylic acids is 1. The first-order chi connectivity index (χ1) is 12.9. The highest BCUT2D eigenvalue weighted by Gasteiger charge is 2.34. The first-order valence-electron chi connectivity index (χ1n) is 8.46. The van der Waals surface area contributed by atoms with E-state index >= 15 is 0 Å². The first-order valence-corrected chi connectivity index (χ1v) is 10.1. The van der Waals surface area contributed by atoms with Gasteiger partial charge in [0.15, 0.2) is 0 Å². The fourth-order valence-corrected chi connectivity index (χ4v) is 4.91. The Morgan fingerprint density at radius 1 is 1.15 bits per heavy atom. The summed E-state index contributed by atoms with van der Waals surface area (Å²) in [7, 11) is 0. The zero-order chi connectivity index (χ0) is 19.1. The number of nitrogens with one attached hydrogen (secondary N) is 1. The molecule has 1 aliphatic rings. The van der Waals surface area contributed by atoms with Crippen LogP contribution in [-0.4, -0.2) is 17.0 Å². The molecule has 1 atom stereocenters. The van der Waals surface area contributed by atoms with Gasteiger partial charge in [0.2, 0.25) is 5.91 Å². The van der Waals surface area contributed by atoms with Crippen molar-refractivity contribution in [1.29, 1.82) is 0 Å². The molecule has 0 saturated heterocycles. The molecule has 4 rings (SSSR count). The molecule has 1 aromatic heterocycles. The topological polar surface area (TPSA) is 66.4 Å². The number of fused-ring (bicyclic) bond motifs is 1. The number of amides is 1. The lowest BCUT2D eigenvalue weighted by Gasteiger charge is -2.24. The lowest BCUT2D eigenvalue weighted by Crippen LogP contribution is -2.22. The summed E-state index contributed by atoms with van der Waals surface area (Å²) in [6.45, 7) is 1.98. The van der Waals surface area contributed by atoms with Crippen LogP contribution in [0.4, 0.5) is 5.69 Å². The molecule has 3 aromatic rings. The maximum absolute atomic E-state index is 12.4. The zero-order valence-corrected chi connectivity index (χ0v) is 16.9. The second-order valence-corrected chi connectivity index (χ2v) is 8.54. The number of anilines is 1. The van der Waals surface area contributed by atoms with Gasteiger partial charge in [0.05, 0.1) is 5.69 Å². The maximum atomic E-state index is 12.4. The van der Waals surface area contributed by atoms with Crippen molar-refractivity contribution in [3.63, 3.8) is 0 Å². The third kappa shape index (κ3) is 3.31. The number of carboxylic acid groups (broad SMARTS) is 1. The van der Waals surface area contributed by atoms with Gasteiger partial charge in [0.1, 0.15) is 4.88 Å². The van der Waals surface area contributed by atoms with Crippen molar-refractivity contribution in [3.05, 3.63) is 73.9 Å². The highest BCUT2D eigenvalue weighted by Crippen LogP contribution is 2.49. The van der Waals surface area contributed by atoms with Gasteiger partial charge in [-0.3, -0.25) is 4.79 Å². The number of rotatable bonds is 3. The van der Waals surface area contributed by atoms with Crippen molar-refractivity contribution in [2.45, 2.75) is 19.3 Å². The number of benzene rings is 2. The molecule has 0 unspecified atom stereocenters. The van der Waals surface area contributed by atoms with Crippen LogP contribution in [0, 0.1) is 6.92 Å². The van der Waals surface area contributed by atoms with E-state index in [-0.39, 0.29) is 16.7 Å². The fraction of sp³-hybridized carbons (Fsp3) is 0.143. The Kier molecular flexibility index (Phi) is 4.61. The minimum atomic E-state index is -0.978. The van der Waals surface area contributed by atoms with Gasteiger partial charge in [-0.05, 0) is 30.2 Å². The highest BCUT2D eigenvalue weighted by molar-refractivity contribution is 9.10. The number of halogens is 1. The van der Waals surface area contributed by atoms with Gasteiger partial charge in [-0.15, -0.1) is 11.3 Å². The van der Waals surface area contributed by atoms with Gasteiger partial charge in [0.25, 0.3) is 0 Å². The van der Waals surface area contributed by atoms with E-state index < -0.39 is 5.97 Å². The molecule has 136 valence electrons. The molecule has 0 bridgehead atoms. The summed E-state index contributed by atoms with van der Waals surface area (Å²) in [5.41, 5.74) is 4.12. The molecule has 0 fully saturated rings. The van der Waals surface area contributed by atoms with Gasteiger partial charge in [0, 0.05) is 27.3 Å². The molecule has 2 aromatic carbocycles. The number of thiophene rings is 1. The molecule has 4 nitrogen and oxygen atoms in total. The van der Waals surface area contributed by atoms with Gasteiger partial charge >= 0.3 is 5.97 Å². The normalized spacial score (nSPS) is 15.9. The van der Waals surface area contributed by atoms with Gasteiger partial charge in [-0.2, -0.15) is 0 Å². The fourth-order valence-electron chi connectivity index (χ4n) is 3.40. The van der Waals surface area contributed by atoms with Crippen LogP contribution in [0.25, 0.3) is 11.1 Å². The average Bonchev–Trinajstić information content (AvgIpc) is 3.02. The van der Waals surface area contributed by atoms with E-state index in [4.69, 9.17) is 0 Å². The SMILES string of the molecule is Cc1ccc(-c2c(C(=O)O)sc3c2NC(=O)C[C@@H]3c2ccc(Br)cc2)cc1.